The first-order valence-electron chi connectivity index (χ1n) is 9.21. The van der Waals surface area contributed by atoms with Crippen LogP contribution in [0.25, 0.3) is 5.65 Å². The van der Waals surface area contributed by atoms with Gasteiger partial charge in [0.05, 0.1) is 5.69 Å². The van der Waals surface area contributed by atoms with Gasteiger partial charge in [-0.1, -0.05) is 19.1 Å². The van der Waals surface area contributed by atoms with Crippen molar-refractivity contribution in [1.29, 1.82) is 0 Å². The van der Waals surface area contributed by atoms with E-state index < -0.39 is 0 Å². The number of hydrogen-bond acceptors (Lipinski definition) is 3. The Hall–Kier alpha value is -1.61. The van der Waals surface area contributed by atoms with Crippen molar-refractivity contribution in [3.63, 3.8) is 0 Å². The monoisotopic (exact) mass is 497 g/mol. The van der Waals surface area contributed by atoms with E-state index in [0.717, 1.165) is 49.8 Å². The summed E-state index contributed by atoms with van der Waals surface area (Å²) in [5.74, 6) is 1.41. The smallest absolute Gasteiger partial charge is 0.191 e. The molecule has 7 heteroatoms. The molecule has 0 fully saturated rings. The third kappa shape index (κ3) is 6.80. The van der Waals surface area contributed by atoms with Gasteiger partial charge in [-0.05, 0) is 42.8 Å². The molecule has 0 aliphatic carbocycles. The van der Waals surface area contributed by atoms with Crippen LogP contribution in [0.15, 0.2) is 53.1 Å². The fraction of sp³-hybridized carbons (Fsp3) is 0.400. The summed E-state index contributed by atoms with van der Waals surface area (Å²) in [4.78, 5) is 10.8. The van der Waals surface area contributed by atoms with Gasteiger partial charge in [0.1, 0.15) is 5.65 Å². The van der Waals surface area contributed by atoms with Crippen LogP contribution in [0.2, 0.25) is 0 Å². The molecule has 0 saturated carbocycles. The van der Waals surface area contributed by atoms with Crippen molar-refractivity contribution >= 4 is 46.9 Å². The average Bonchev–Trinajstić information content (AvgIpc) is 3.28. The van der Waals surface area contributed by atoms with Crippen LogP contribution >= 0.6 is 35.3 Å². The Bertz CT molecular complexity index is 795. The summed E-state index contributed by atoms with van der Waals surface area (Å²) in [6.45, 7) is 6.84. The predicted molar refractivity (Wildman–Crippen MR) is 125 cm³/mol. The van der Waals surface area contributed by atoms with Crippen LogP contribution < -0.4 is 10.6 Å². The molecular weight excluding hydrogens is 469 g/mol. The van der Waals surface area contributed by atoms with E-state index in [0.29, 0.717) is 5.92 Å². The lowest BCUT2D eigenvalue weighted by molar-refractivity contribution is 0.595. The lowest BCUT2D eigenvalue weighted by atomic mass is 10.1. The summed E-state index contributed by atoms with van der Waals surface area (Å²) in [6, 6.07) is 10.4. The Morgan fingerprint density at radius 3 is 2.89 bits per heavy atom. The van der Waals surface area contributed by atoms with Crippen molar-refractivity contribution in [2.75, 3.05) is 19.6 Å². The third-order valence-corrected chi connectivity index (χ3v) is 5.02. The van der Waals surface area contributed by atoms with Gasteiger partial charge in [-0.3, -0.25) is 4.99 Å². The predicted octanol–water partition coefficient (Wildman–Crippen LogP) is 3.99. The third-order valence-electron chi connectivity index (χ3n) is 4.12. The highest BCUT2D eigenvalue weighted by atomic mass is 127. The van der Waals surface area contributed by atoms with Crippen LogP contribution in [0.1, 0.15) is 24.4 Å². The fourth-order valence-corrected chi connectivity index (χ4v) is 3.71. The number of pyridine rings is 1. The fourth-order valence-electron chi connectivity index (χ4n) is 2.84. The molecule has 0 radical (unpaired) electrons. The Balaban J connectivity index is 0.00000261. The zero-order chi connectivity index (χ0) is 18.2. The zero-order valence-electron chi connectivity index (χ0n) is 15.9. The summed E-state index contributed by atoms with van der Waals surface area (Å²) >= 11 is 1.82. The summed E-state index contributed by atoms with van der Waals surface area (Å²) in [6.07, 6.45) is 6.07. The van der Waals surface area contributed by atoms with E-state index in [1.807, 2.05) is 35.7 Å². The number of aliphatic imine (C=N–C) groups is 1. The summed E-state index contributed by atoms with van der Waals surface area (Å²) in [7, 11) is 0. The number of nitrogens with zero attached hydrogens (tertiary/aromatic N) is 3. The van der Waals surface area contributed by atoms with Crippen molar-refractivity contribution in [2.24, 2.45) is 10.9 Å². The van der Waals surface area contributed by atoms with Crippen molar-refractivity contribution in [3.8, 4) is 0 Å². The standard InChI is InChI=1S/C20H27N5S.HI/c1-3-21-20(23-14-16(2)13-18-7-6-12-26-18)22-10-9-17-15-25-11-5-4-8-19(25)24-17;/h4-8,11-12,15-16H,3,9-10,13-14H2,1-2H3,(H2,21,22,23);1H. The average molecular weight is 497 g/mol. The molecule has 3 aromatic rings. The van der Waals surface area contributed by atoms with Gasteiger partial charge in [-0.25, -0.2) is 4.98 Å². The number of hydrogen-bond donors (Lipinski definition) is 2. The second-order valence-electron chi connectivity index (χ2n) is 6.48. The molecule has 0 aromatic carbocycles. The topological polar surface area (TPSA) is 53.7 Å². The molecule has 1 unspecified atom stereocenters. The van der Waals surface area contributed by atoms with E-state index in [9.17, 15) is 0 Å². The molecule has 0 aliphatic heterocycles. The number of guanidine groups is 1. The van der Waals surface area contributed by atoms with Gasteiger partial charge in [-0.2, -0.15) is 0 Å². The minimum atomic E-state index is 0. The minimum Gasteiger partial charge on any atom is -0.357 e. The van der Waals surface area contributed by atoms with Gasteiger partial charge < -0.3 is 15.0 Å². The second kappa shape index (κ2) is 11.3. The molecule has 5 nitrogen and oxygen atoms in total. The SMILES string of the molecule is CCNC(=NCC(C)Cc1cccs1)NCCc1cn2ccccc2n1.I. The van der Waals surface area contributed by atoms with E-state index in [1.54, 1.807) is 0 Å². The van der Waals surface area contributed by atoms with Gasteiger partial charge in [0.25, 0.3) is 0 Å². The maximum Gasteiger partial charge on any atom is 0.191 e. The van der Waals surface area contributed by atoms with Gasteiger partial charge in [0, 0.05) is 43.3 Å². The van der Waals surface area contributed by atoms with Crippen molar-refractivity contribution in [2.45, 2.75) is 26.7 Å². The van der Waals surface area contributed by atoms with Gasteiger partial charge in [-0.15, -0.1) is 35.3 Å². The summed E-state index contributed by atoms with van der Waals surface area (Å²) in [5, 5.41) is 8.88. The number of aromatic nitrogens is 2. The van der Waals surface area contributed by atoms with E-state index in [4.69, 9.17) is 4.99 Å². The van der Waals surface area contributed by atoms with Crippen molar-refractivity contribution < 1.29 is 0 Å². The lowest BCUT2D eigenvalue weighted by Crippen LogP contribution is -2.38. The van der Waals surface area contributed by atoms with E-state index >= 15 is 0 Å². The van der Waals surface area contributed by atoms with Gasteiger partial charge in [0.2, 0.25) is 0 Å². The molecule has 27 heavy (non-hydrogen) atoms. The first-order valence-corrected chi connectivity index (χ1v) is 10.1. The van der Waals surface area contributed by atoms with E-state index in [2.05, 4.69) is 57.6 Å². The van der Waals surface area contributed by atoms with Crippen LogP contribution in [0.5, 0.6) is 0 Å². The quantitative estimate of drug-likeness (QED) is 0.281. The molecule has 0 spiro atoms. The van der Waals surface area contributed by atoms with E-state index in [1.165, 1.54) is 4.88 Å². The van der Waals surface area contributed by atoms with Crippen LogP contribution in [-0.4, -0.2) is 35.0 Å². The number of halogens is 1. The molecule has 1 atom stereocenters. The maximum absolute atomic E-state index is 4.74. The number of fused-ring (bicyclic) bond motifs is 1. The molecule has 0 amide bonds. The molecule has 0 aliphatic rings. The molecule has 0 bridgehead atoms. The molecule has 2 N–H and O–H groups in total. The summed E-state index contributed by atoms with van der Waals surface area (Å²) < 4.78 is 2.06. The molecule has 3 aromatic heterocycles. The summed E-state index contributed by atoms with van der Waals surface area (Å²) in [5.41, 5.74) is 2.08. The van der Waals surface area contributed by atoms with Crippen molar-refractivity contribution in [1.82, 2.24) is 20.0 Å². The van der Waals surface area contributed by atoms with Crippen LogP contribution in [-0.2, 0) is 12.8 Å². The van der Waals surface area contributed by atoms with Gasteiger partial charge in [0.15, 0.2) is 5.96 Å². The van der Waals surface area contributed by atoms with Gasteiger partial charge >= 0.3 is 0 Å². The lowest BCUT2D eigenvalue weighted by Gasteiger charge is -2.12. The minimum absolute atomic E-state index is 0. The number of imidazole rings is 1. The highest BCUT2D eigenvalue weighted by molar-refractivity contribution is 14.0. The number of thiophene rings is 1. The highest BCUT2D eigenvalue weighted by Gasteiger charge is 2.06. The molecule has 146 valence electrons. The van der Waals surface area contributed by atoms with Crippen molar-refractivity contribution in [3.05, 3.63) is 58.7 Å². The Labute approximate surface area is 182 Å². The normalized spacial score (nSPS) is 12.6. The first-order chi connectivity index (χ1) is 12.7. The van der Waals surface area contributed by atoms with E-state index in [-0.39, 0.29) is 24.0 Å². The Kier molecular flexibility index (Phi) is 9.06. The maximum atomic E-state index is 4.74. The Morgan fingerprint density at radius 1 is 1.26 bits per heavy atom. The Morgan fingerprint density at radius 2 is 2.15 bits per heavy atom. The number of nitrogens with one attached hydrogen (secondary N) is 2. The first kappa shape index (κ1) is 21.7. The second-order valence-corrected chi connectivity index (χ2v) is 7.52. The molecule has 3 rings (SSSR count). The molecule has 0 saturated heterocycles. The van der Waals surface area contributed by atoms with Crippen LogP contribution in [0.4, 0.5) is 0 Å². The number of rotatable bonds is 8. The molecule has 3 heterocycles. The van der Waals surface area contributed by atoms with Crippen LogP contribution in [0, 0.1) is 5.92 Å². The largest absolute Gasteiger partial charge is 0.357 e. The zero-order valence-corrected chi connectivity index (χ0v) is 19.0. The van der Waals surface area contributed by atoms with Crippen LogP contribution in [0.3, 0.4) is 0 Å². The molecular formula is C20H28IN5S. The highest BCUT2D eigenvalue weighted by Crippen LogP contribution is 2.14.